The molecular weight excluding hydrogens is 312 g/mol. The molecule has 0 radical (unpaired) electrons. The van der Waals surface area contributed by atoms with Crippen LogP contribution in [0, 0.1) is 5.92 Å². The second kappa shape index (κ2) is 7.28. The molecule has 25 heavy (non-hydrogen) atoms. The summed E-state index contributed by atoms with van der Waals surface area (Å²) in [7, 11) is 0. The fraction of sp³-hybridized carbons (Fsp3) is 0.381. The second-order valence-corrected chi connectivity index (χ2v) is 7.26. The second-order valence-electron chi connectivity index (χ2n) is 7.26. The summed E-state index contributed by atoms with van der Waals surface area (Å²) in [6.45, 7) is 8.32. The number of benzene rings is 2. The highest BCUT2D eigenvalue weighted by molar-refractivity contribution is 5.98. The number of anilines is 1. The van der Waals surface area contributed by atoms with E-state index in [-0.39, 0.29) is 5.91 Å². The lowest BCUT2D eigenvalue weighted by Gasteiger charge is -2.49. The van der Waals surface area contributed by atoms with Gasteiger partial charge in [0.2, 0.25) is 5.91 Å². The van der Waals surface area contributed by atoms with E-state index in [1.807, 2.05) is 61.5 Å². The largest absolute Gasteiger partial charge is 0.457 e. The van der Waals surface area contributed by atoms with Gasteiger partial charge in [0, 0.05) is 24.8 Å². The van der Waals surface area contributed by atoms with Crippen LogP contribution >= 0.6 is 0 Å². The van der Waals surface area contributed by atoms with Crippen molar-refractivity contribution in [1.29, 1.82) is 0 Å². The van der Waals surface area contributed by atoms with Crippen LogP contribution in [0.25, 0.3) is 0 Å². The summed E-state index contributed by atoms with van der Waals surface area (Å²) in [4.78, 5) is 15.0. The van der Waals surface area contributed by atoms with E-state index in [0.29, 0.717) is 11.7 Å². The highest BCUT2D eigenvalue weighted by atomic mass is 16.5. The number of amides is 1. The monoisotopic (exact) mass is 338 g/mol. The van der Waals surface area contributed by atoms with Gasteiger partial charge in [-0.3, -0.25) is 9.69 Å². The number of nitrogens with one attached hydrogen (secondary N) is 1. The fourth-order valence-electron chi connectivity index (χ4n) is 3.12. The molecule has 1 unspecified atom stereocenters. The molecule has 1 aliphatic heterocycles. The standard InChI is InChI=1S/C21H26N2O2/c1-16(2)15-23-13-12-21(23,3)20(24)22-17-8-7-11-19(14-17)25-18-9-5-4-6-10-18/h4-11,14,16H,12-13,15H2,1-3H3,(H,22,24). The van der Waals surface area contributed by atoms with E-state index in [0.717, 1.165) is 30.9 Å². The average Bonchev–Trinajstić information content (AvgIpc) is 2.59. The van der Waals surface area contributed by atoms with Crippen molar-refractivity contribution in [1.82, 2.24) is 4.90 Å². The molecule has 1 fully saturated rings. The Kier molecular flexibility index (Phi) is 5.09. The van der Waals surface area contributed by atoms with Gasteiger partial charge in [0.1, 0.15) is 11.5 Å². The first kappa shape index (κ1) is 17.5. The molecule has 1 heterocycles. The van der Waals surface area contributed by atoms with Crippen molar-refractivity contribution >= 4 is 11.6 Å². The summed E-state index contributed by atoms with van der Waals surface area (Å²) in [5.41, 5.74) is 0.344. The third-order valence-corrected chi connectivity index (χ3v) is 4.71. The molecule has 0 spiro atoms. The lowest BCUT2D eigenvalue weighted by Crippen LogP contribution is -2.64. The zero-order valence-corrected chi connectivity index (χ0v) is 15.2. The minimum atomic E-state index is -0.416. The maximum atomic E-state index is 12.8. The number of likely N-dealkylation sites (tertiary alicyclic amines) is 1. The maximum Gasteiger partial charge on any atom is 0.244 e. The molecule has 132 valence electrons. The Balaban J connectivity index is 1.67. The SMILES string of the molecule is CC(C)CN1CCC1(C)C(=O)Nc1cccc(Oc2ccccc2)c1. The fourth-order valence-corrected chi connectivity index (χ4v) is 3.12. The summed E-state index contributed by atoms with van der Waals surface area (Å²) >= 11 is 0. The zero-order chi connectivity index (χ0) is 17.9. The van der Waals surface area contributed by atoms with Gasteiger partial charge in [0.05, 0.1) is 5.54 Å². The molecule has 4 heteroatoms. The van der Waals surface area contributed by atoms with Crippen LogP contribution in [0.15, 0.2) is 54.6 Å². The molecule has 2 aromatic carbocycles. The number of hydrogen-bond acceptors (Lipinski definition) is 3. The van der Waals surface area contributed by atoms with Gasteiger partial charge in [-0.1, -0.05) is 38.1 Å². The number of nitrogens with zero attached hydrogens (tertiary/aromatic N) is 1. The molecule has 0 aromatic heterocycles. The maximum absolute atomic E-state index is 12.8. The number of rotatable bonds is 6. The molecule has 1 aliphatic rings. The van der Waals surface area contributed by atoms with Crippen LogP contribution < -0.4 is 10.1 Å². The van der Waals surface area contributed by atoms with Crippen LogP contribution in [-0.4, -0.2) is 29.4 Å². The van der Waals surface area contributed by atoms with Gasteiger partial charge in [0.25, 0.3) is 0 Å². The van der Waals surface area contributed by atoms with Gasteiger partial charge in [0.15, 0.2) is 0 Å². The Bertz CT molecular complexity index is 730. The van der Waals surface area contributed by atoms with Crippen LogP contribution in [0.5, 0.6) is 11.5 Å². The van der Waals surface area contributed by atoms with Crippen molar-refractivity contribution in [2.75, 3.05) is 18.4 Å². The third-order valence-electron chi connectivity index (χ3n) is 4.71. The Morgan fingerprint density at radius 2 is 1.88 bits per heavy atom. The summed E-state index contributed by atoms with van der Waals surface area (Å²) in [6.07, 6.45) is 0.895. The van der Waals surface area contributed by atoms with Gasteiger partial charge in [-0.05, 0) is 43.5 Å². The highest BCUT2D eigenvalue weighted by Crippen LogP contribution is 2.33. The summed E-state index contributed by atoms with van der Waals surface area (Å²) in [6, 6.07) is 17.2. The van der Waals surface area contributed by atoms with Crippen molar-refractivity contribution in [2.24, 2.45) is 5.92 Å². The molecule has 0 aliphatic carbocycles. The smallest absolute Gasteiger partial charge is 0.244 e. The molecule has 0 saturated carbocycles. The third kappa shape index (κ3) is 4.02. The molecule has 4 nitrogen and oxygen atoms in total. The van der Waals surface area contributed by atoms with Crippen LogP contribution in [0.2, 0.25) is 0 Å². The van der Waals surface area contributed by atoms with E-state index in [1.165, 1.54) is 0 Å². The quantitative estimate of drug-likeness (QED) is 0.841. The lowest BCUT2D eigenvalue weighted by molar-refractivity contribution is -0.136. The number of ether oxygens (including phenoxy) is 1. The van der Waals surface area contributed by atoms with Crippen molar-refractivity contribution in [3.05, 3.63) is 54.6 Å². The van der Waals surface area contributed by atoms with E-state index in [9.17, 15) is 4.79 Å². The van der Waals surface area contributed by atoms with Crippen molar-refractivity contribution in [3.63, 3.8) is 0 Å². The highest BCUT2D eigenvalue weighted by Gasteiger charge is 2.46. The first-order chi connectivity index (χ1) is 12.0. The Morgan fingerprint density at radius 3 is 2.52 bits per heavy atom. The average molecular weight is 338 g/mol. The first-order valence-corrected chi connectivity index (χ1v) is 8.87. The van der Waals surface area contributed by atoms with E-state index < -0.39 is 5.54 Å². The van der Waals surface area contributed by atoms with Crippen molar-refractivity contribution in [3.8, 4) is 11.5 Å². The van der Waals surface area contributed by atoms with Gasteiger partial charge in [-0.25, -0.2) is 0 Å². The molecular formula is C21H26N2O2. The van der Waals surface area contributed by atoms with E-state index in [2.05, 4.69) is 24.1 Å². The van der Waals surface area contributed by atoms with Crippen LogP contribution in [-0.2, 0) is 4.79 Å². The Labute approximate surface area is 149 Å². The van der Waals surface area contributed by atoms with Crippen molar-refractivity contribution in [2.45, 2.75) is 32.7 Å². The molecule has 2 aromatic rings. The van der Waals surface area contributed by atoms with Gasteiger partial charge in [-0.15, -0.1) is 0 Å². The Morgan fingerprint density at radius 1 is 1.16 bits per heavy atom. The van der Waals surface area contributed by atoms with E-state index in [1.54, 1.807) is 0 Å². The molecule has 3 rings (SSSR count). The predicted octanol–water partition coefficient (Wildman–Crippen LogP) is 4.54. The Hall–Kier alpha value is -2.33. The van der Waals surface area contributed by atoms with E-state index in [4.69, 9.17) is 4.74 Å². The van der Waals surface area contributed by atoms with E-state index >= 15 is 0 Å². The summed E-state index contributed by atoms with van der Waals surface area (Å²) in [5.74, 6) is 2.09. The molecule has 0 bridgehead atoms. The lowest BCUT2D eigenvalue weighted by atomic mass is 9.84. The predicted molar refractivity (Wildman–Crippen MR) is 101 cm³/mol. The van der Waals surface area contributed by atoms with Crippen LogP contribution in [0.4, 0.5) is 5.69 Å². The van der Waals surface area contributed by atoms with Crippen molar-refractivity contribution < 1.29 is 9.53 Å². The van der Waals surface area contributed by atoms with Gasteiger partial charge in [-0.2, -0.15) is 0 Å². The van der Waals surface area contributed by atoms with Crippen LogP contribution in [0.1, 0.15) is 27.2 Å². The molecule has 1 N–H and O–H groups in total. The molecule has 1 amide bonds. The first-order valence-electron chi connectivity index (χ1n) is 8.87. The minimum absolute atomic E-state index is 0.0521. The number of hydrogen-bond donors (Lipinski definition) is 1. The van der Waals surface area contributed by atoms with Gasteiger partial charge < -0.3 is 10.1 Å². The normalized spacial score (nSPS) is 20.2. The summed E-state index contributed by atoms with van der Waals surface area (Å²) in [5, 5.41) is 3.05. The topological polar surface area (TPSA) is 41.6 Å². The zero-order valence-electron chi connectivity index (χ0n) is 15.2. The van der Waals surface area contributed by atoms with Gasteiger partial charge >= 0.3 is 0 Å². The number of carbonyl (C=O) groups is 1. The summed E-state index contributed by atoms with van der Waals surface area (Å²) < 4.78 is 5.84. The number of para-hydroxylation sites is 1. The number of carbonyl (C=O) groups excluding carboxylic acids is 1. The van der Waals surface area contributed by atoms with Crippen LogP contribution in [0.3, 0.4) is 0 Å². The molecule has 1 saturated heterocycles. The molecule has 1 atom stereocenters. The minimum Gasteiger partial charge on any atom is -0.457 e.